The lowest BCUT2D eigenvalue weighted by Crippen LogP contribution is -2.35. The maximum Gasteiger partial charge on any atom is 0.119 e. The first-order chi connectivity index (χ1) is 11.8. The summed E-state index contributed by atoms with van der Waals surface area (Å²) in [6, 6.07) is 11.9. The number of aryl methyl sites for hydroxylation is 1. The molecule has 2 aromatic rings. The molecule has 0 N–H and O–H groups in total. The van der Waals surface area contributed by atoms with Crippen molar-refractivity contribution in [3.63, 3.8) is 0 Å². The predicted octanol–water partition coefficient (Wildman–Crippen LogP) is 5.31. The molecule has 1 aromatic heterocycles. The van der Waals surface area contributed by atoms with Crippen molar-refractivity contribution in [1.82, 2.24) is 4.90 Å². The van der Waals surface area contributed by atoms with E-state index >= 15 is 0 Å². The molecule has 2 atom stereocenters. The molecule has 4 rings (SSSR count). The Kier molecular flexibility index (Phi) is 6.43. The summed E-state index contributed by atoms with van der Waals surface area (Å²) in [5.74, 6) is 1.70. The van der Waals surface area contributed by atoms with Crippen LogP contribution >= 0.6 is 23.7 Å². The number of rotatable bonds is 5. The van der Waals surface area contributed by atoms with Gasteiger partial charge < -0.3 is 4.74 Å². The highest BCUT2D eigenvalue weighted by atomic mass is 35.5. The molecule has 0 bridgehead atoms. The Labute approximate surface area is 161 Å². The molecule has 136 valence electrons. The van der Waals surface area contributed by atoms with Crippen LogP contribution in [0.1, 0.15) is 47.6 Å². The molecule has 1 aromatic carbocycles. The summed E-state index contributed by atoms with van der Waals surface area (Å²) in [6.45, 7) is 2.51. The molecule has 2 nitrogen and oxygen atoms in total. The minimum absolute atomic E-state index is 0. The normalized spacial score (nSPS) is 23.1. The van der Waals surface area contributed by atoms with E-state index in [1.54, 1.807) is 17.6 Å². The first kappa shape index (κ1) is 18.8. The van der Waals surface area contributed by atoms with Crippen LogP contribution < -0.4 is 4.74 Å². The van der Waals surface area contributed by atoms with Gasteiger partial charge in [-0.3, -0.25) is 4.90 Å². The minimum atomic E-state index is 0. The second-order valence-electron chi connectivity index (χ2n) is 7.23. The molecule has 1 saturated heterocycles. The number of methoxy groups -OCH3 is 1. The highest BCUT2D eigenvalue weighted by Gasteiger charge is 2.29. The van der Waals surface area contributed by atoms with E-state index in [9.17, 15) is 0 Å². The first-order valence-corrected chi connectivity index (χ1v) is 10.1. The third-order valence-electron chi connectivity index (χ3n) is 5.76. The molecule has 1 aliphatic heterocycles. The summed E-state index contributed by atoms with van der Waals surface area (Å²) in [4.78, 5) is 4.31. The second-order valence-corrected chi connectivity index (χ2v) is 8.26. The monoisotopic (exact) mass is 377 g/mol. The lowest BCUT2D eigenvalue weighted by molar-refractivity contribution is 0.229. The van der Waals surface area contributed by atoms with Crippen molar-refractivity contribution in [2.45, 2.75) is 50.5 Å². The zero-order valence-corrected chi connectivity index (χ0v) is 16.6. The summed E-state index contributed by atoms with van der Waals surface area (Å²) >= 11 is 1.91. The van der Waals surface area contributed by atoms with E-state index in [4.69, 9.17) is 4.74 Å². The lowest BCUT2D eigenvalue weighted by Gasteiger charge is -2.32. The van der Waals surface area contributed by atoms with Gasteiger partial charge in [-0.05, 0) is 85.7 Å². The van der Waals surface area contributed by atoms with Crippen LogP contribution in [0.4, 0.5) is 0 Å². The summed E-state index contributed by atoms with van der Waals surface area (Å²) in [5, 5.41) is 2.21. The largest absolute Gasteiger partial charge is 0.497 e. The highest BCUT2D eigenvalue weighted by Crippen LogP contribution is 2.36. The second kappa shape index (κ2) is 8.57. The van der Waals surface area contributed by atoms with Gasteiger partial charge in [-0.1, -0.05) is 12.1 Å². The number of benzene rings is 1. The van der Waals surface area contributed by atoms with E-state index < -0.39 is 0 Å². The first-order valence-electron chi connectivity index (χ1n) is 9.27. The minimum Gasteiger partial charge on any atom is -0.497 e. The van der Waals surface area contributed by atoms with E-state index in [2.05, 4.69) is 40.6 Å². The summed E-state index contributed by atoms with van der Waals surface area (Å²) in [5.41, 5.74) is 3.09. The van der Waals surface area contributed by atoms with Gasteiger partial charge in [-0.2, -0.15) is 0 Å². The van der Waals surface area contributed by atoms with E-state index in [1.807, 2.05) is 11.3 Å². The molecule has 2 unspecified atom stereocenters. The van der Waals surface area contributed by atoms with Crippen molar-refractivity contribution >= 4 is 23.7 Å². The molecule has 25 heavy (non-hydrogen) atoms. The predicted molar refractivity (Wildman–Crippen MR) is 109 cm³/mol. The number of hydrogen-bond acceptors (Lipinski definition) is 3. The Morgan fingerprint density at radius 2 is 2.12 bits per heavy atom. The Hall–Kier alpha value is -1.03. The molecular weight excluding hydrogens is 350 g/mol. The Morgan fingerprint density at radius 3 is 2.92 bits per heavy atom. The van der Waals surface area contributed by atoms with E-state index in [0.717, 1.165) is 11.8 Å². The quantitative estimate of drug-likeness (QED) is 0.700. The van der Waals surface area contributed by atoms with Crippen molar-refractivity contribution in [3.8, 4) is 5.75 Å². The SMILES string of the molecule is COc1ccc2c(c1)CCCC2CN1CCCC1Cc1cccs1.Cl. The molecule has 2 heterocycles. The van der Waals surface area contributed by atoms with Gasteiger partial charge in [0.05, 0.1) is 7.11 Å². The van der Waals surface area contributed by atoms with Crippen LogP contribution in [-0.4, -0.2) is 31.1 Å². The highest BCUT2D eigenvalue weighted by molar-refractivity contribution is 7.09. The fraction of sp³-hybridized carbons (Fsp3) is 0.524. The Bertz CT molecular complexity index is 673. The Morgan fingerprint density at radius 1 is 1.20 bits per heavy atom. The van der Waals surface area contributed by atoms with Gasteiger partial charge in [0.2, 0.25) is 0 Å². The third-order valence-corrected chi connectivity index (χ3v) is 6.66. The van der Waals surface area contributed by atoms with Crippen LogP contribution in [0.15, 0.2) is 35.7 Å². The van der Waals surface area contributed by atoms with Crippen LogP contribution in [-0.2, 0) is 12.8 Å². The van der Waals surface area contributed by atoms with Gasteiger partial charge in [-0.25, -0.2) is 0 Å². The van der Waals surface area contributed by atoms with Gasteiger partial charge in [-0.15, -0.1) is 23.7 Å². The average Bonchev–Trinajstić information content (AvgIpc) is 3.27. The Balaban J connectivity index is 0.00000182. The van der Waals surface area contributed by atoms with Crippen molar-refractivity contribution in [2.24, 2.45) is 0 Å². The van der Waals surface area contributed by atoms with Crippen molar-refractivity contribution in [2.75, 3.05) is 20.2 Å². The van der Waals surface area contributed by atoms with Gasteiger partial charge in [0.1, 0.15) is 5.75 Å². The van der Waals surface area contributed by atoms with E-state index in [0.29, 0.717) is 5.92 Å². The molecule has 0 spiro atoms. The van der Waals surface area contributed by atoms with Gasteiger partial charge >= 0.3 is 0 Å². The van der Waals surface area contributed by atoms with Crippen LogP contribution in [0, 0.1) is 0 Å². The number of hydrogen-bond donors (Lipinski definition) is 0. The molecule has 4 heteroatoms. The fourth-order valence-electron chi connectivity index (χ4n) is 4.52. The number of ether oxygens (including phenoxy) is 1. The molecule has 1 fully saturated rings. The van der Waals surface area contributed by atoms with Crippen molar-refractivity contribution < 1.29 is 4.74 Å². The molecule has 0 amide bonds. The molecule has 2 aliphatic rings. The number of thiophene rings is 1. The molecular formula is C21H28ClNOS. The van der Waals surface area contributed by atoms with Crippen LogP contribution in [0.3, 0.4) is 0 Å². The summed E-state index contributed by atoms with van der Waals surface area (Å²) < 4.78 is 5.42. The molecule has 1 aliphatic carbocycles. The average molecular weight is 378 g/mol. The summed E-state index contributed by atoms with van der Waals surface area (Å²) in [6.07, 6.45) is 7.82. The number of halogens is 1. The molecule has 0 radical (unpaired) electrons. The van der Waals surface area contributed by atoms with Crippen LogP contribution in [0.2, 0.25) is 0 Å². The standard InChI is InChI=1S/C21H27NOS.ClH/c1-23-19-9-10-21-16(13-19)5-2-6-17(21)15-22-11-3-7-18(22)14-20-8-4-12-24-20;/h4,8-10,12-13,17-18H,2-3,5-7,11,14-15H2,1H3;1H. The number of likely N-dealkylation sites (tertiary alicyclic amines) is 1. The van der Waals surface area contributed by atoms with Crippen molar-refractivity contribution in [3.05, 3.63) is 51.7 Å². The number of nitrogens with zero attached hydrogens (tertiary/aromatic N) is 1. The number of fused-ring (bicyclic) bond motifs is 1. The van der Waals surface area contributed by atoms with Gasteiger partial charge in [0, 0.05) is 17.5 Å². The maximum absolute atomic E-state index is 5.42. The third kappa shape index (κ3) is 4.21. The van der Waals surface area contributed by atoms with E-state index in [-0.39, 0.29) is 12.4 Å². The molecule has 0 saturated carbocycles. The summed E-state index contributed by atoms with van der Waals surface area (Å²) in [7, 11) is 1.77. The van der Waals surface area contributed by atoms with Crippen LogP contribution in [0.5, 0.6) is 5.75 Å². The smallest absolute Gasteiger partial charge is 0.119 e. The lowest BCUT2D eigenvalue weighted by atomic mass is 9.82. The maximum atomic E-state index is 5.42. The van der Waals surface area contributed by atoms with Crippen molar-refractivity contribution in [1.29, 1.82) is 0 Å². The van der Waals surface area contributed by atoms with Gasteiger partial charge in [0.15, 0.2) is 0 Å². The van der Waals surface area contributed by atoms with Gasteiger partial charge in [0.25, 0.3) is 0 Å². The van der Waals surface area contributed by atoms with Crippen LogP contribution in [0.25, 0.3) is 0 Å². The van der Waals surface area contributed by atoms with E-state index in [1.165, 1.54) is 57.2 Å². The fourth-order valence-corrected chi connectivity index (χ4v) is 5.30. The topological polar surface area (TPSA) is 12.5 Å². The zero-order valence-electron chi connectivity index (χ0n) is 14.9. The zero-order chi connectivity index (χ0) is 16.4.